The predicted octanol–water partition coefficient (Wildman–Crippen LogP) is 3.84. The molecule has 0 radical (unpaired) electrons. The van der Waals surface area contributed by atoms with Crippen LogP contribution in [0.25, 0.3) is 0 Å². The smallest absolute Gasteiger partial charge is 0.00979 e. The van der Waals surface area contributed by atoms with Crippen LogP contribution in [0.15, 0.2) is 0 Å². The molecule has 0 spiro atoms. The van der Waals surface area contributed by atoms with Gasteiger partial charge in [0.25, 0.3) is 0 Å². The van der Waals surface area contributed by atoms with Gasteiger partial charge in [0, 0.05) is 12.1 Å². The summed E-state index contributed by atoms with van der Waals surface area (Å²) in [6, 6.07) is 1.48. The highest BCUT2D eigenvalue weighted by atomic mass is 15.0. The molecule has 4 unspecified atom stereocenters. The van der Waals surface area contributed by atoms with Crippen LogP contribution >= 0.6 is 0 Å². The maximum atomic E-state index is 3.89. The first-order valence-electron chi connectivity index (χ1n) is 6.82. The van der Waals surface area contributed by atoms with E-state index >= 15 is 0 Å². The second-order valence-electron chi connectivity index (χ2n) is 5.80. The first kappa shape index (κ1) is 13.0. The van der Waals surface area contributed by atoms with Crippen molar-refractivity contribution in [1.82, 2.24) is 5.32 Å². The molecule has 1 aliphatic carbocycles. The van der Waals surface area contributed by atoms with E-state index in [1.165, 1.54) is 25.7 Å². The fourth-order valence-electron chi connectivity index (χ4n) is 2.87. The Bertz CT molecular complexity index is 176. The van der Waals surface area contributed by atoms with Crippen molar-refractivity contribution in [3.8, 4) is 0 Å². The lowest BCUT2D eigenvalue weighted by Gasteiger charge is -2.38. The zero-order valence-corrected chi connectivity index (χ0v) is 11.2. The van der Waals surface area contributed by atoms with E-state index in [9.17, 15) is 0 Å². The minimum absolute atomic E-state index is 0.711. The highest BCUT2D eigenvalue weighted by Crippen LogP contribution is 2.30. The van der Waals surface area contributed by atoms with Crippen LogP contribution in [0.2, 0.25) is 0 Å². The second-order valence-corrected chi connectivity index (χ2v) is 5.80. The van der Waals surface area contributed by atoms with Crippen LogP contribution in [0.1, 0.15) is 60.3 Å². The normalized spacial score (nSPS) is 34.4. The van der Waals surface area contributed by atoms with Crippen LogP contribution in [0.3, 0.4) is 0 Å². The molecule has 1 nitrogen and oxygen atoms in total. The van der Waals surface area contributed by atoms with Gasteiger partial charge in [0.15, 0.2) is 0 Å². The van der Waals surface area contributed by atoms with Crippen molar-refractivity contribution in [2.75, 3.05) is 0 Å². The van der Waals surface area contributed by atoms with Gasteiger partial charge >= 0.3 is 0 Å². The number of hydrogen-bond donors (Lipinski definition) is 1. The minimum Gasteiger partial charge on any atom is -0.311 e. The standard InChI is InChI=1S/C14H29N/c1-6-13(10(2)3)15-14-9-7-8-11(4)12(14)5/h10-15H,6-9H2,1-5H3. The maximum absolute atomic E-state index is 3.89. The van der Waals surface area contributed by atoms with Gasteiger partial charge in [0.05, 0.1) is 0 Å². The fourth-order valence-corrected chi connectivity index (χ4v) is 2.87. The van der Waals surface area contributed by atoms with E-state index in [2.05, 4.69) is 39.9 Å². The third-order valence-corrected chi connectivity index (χ3v) is 4.38. The maximum Gasteiger partial charge on any atom is 0.00979 e. The highest BCUT2D eigenvalue weighted by molar-refractivity contribution is 4.85. The van der Waals surface area contributed by atoms with E-state index in [1.807, 2.05) is 0 Å². The van der Waals surface area contributed by atoms with Gasteiger partial charge in [-0.3, -0.25) is 0 Å². The molecule has 0 bridgehead atoms. The molecule has 1 rings (SSSR count). The lowest BCUT2D eigenvalue weighted by molar-refractivity contribution is 0.180. The third kappa shape index (κ3) is 3.48. The number of nitrogens with one attached hydrogen (secondary N) is 1. The molecule has 0 aliphatic heterocycles. The number of hydrogen-bond acceptors (Lipinski definition) is 1. The molecule has 1 N–H and O–H groups in total. The first-order chi connectivity index (χ1) is 7.06. The Morgan fingerprint density at radius 2 is 1.87 bits per heavy atom. The topological polar surface area (TPSA) is 12.0 Å². The molecule has 0 heterocycles. The number of rotatable bonds is 4. The Balaban J connectivity index is 2.48. The Morgan fingerprint density at radius 3 is 2.40 bits per heavy atom. The van der Waals surface area contributed by atoms with E-state index in [1.54, 1.807) is 0 Å². The summed E-state index contributed by atoms with van der Waals surface area (Å²) < 4.78 is 0. The van der Waals surface area contributed by atoms with Crippen molar-refractivity contribution in [2.45, 2.75) is 72.4 Å². The Hall–Kier alpha value is -0.0400. The quantitative estimate of drug-likeness (QED) is 0.745. The van der Waals surface area contributed by atoms with Crippen molar-refractivity contribution in [2.24, 2.45) is 17.8 Å². The summed E-state index contributed by atoms with van der Waals surface area (Å²) in [6.45, 7) is 11.8. The third-order valence-electron chi connectivity index (χ3n) is 4.38. The molecule has 1 saturated carbocycles. The van der Waals surface area contributed by atoms with Crippen LogP contribution in [0.5, 0.6) is 0 Å². The van der Waals surface area contributed by atoms with Gasteiger partial charge in [0.2, 0.25) is 0 Å². The largest absolute Gasteiger partial charge is 0.311 e. The van der Waals surface area contributed by atoms with Crippen LogP contribution in [-0.4, -0.2) is 12.1 Å². The van der Waals surface area contributed by atoms with E-state index < -0.39 is 0 Å². The molecule has 15 heavy (non-hydrogen) atoms. The molecule has 0 aromatic carbocycles. The summed E-state index contributed by atoms with van der Waals surface area (Å²) in [4.78, 5) is 0. The van der Waals surface area contributed by atoms with E-state index in [4.69, 9.17) is 0 Å². The van der Waals surface area contributed by atoms with Gasteiger partial charge in [0.1, 0.15) is 0 Å². The predicted molar refractivity (Wildman–Crippen MR) is 68.0 cm³/mol. The lowest BCUT2D eigenvalue weighted by atomic mass is 9.77. The van der Waals surface area contributed by atoms with Gasteiger partial charge in [-0.15, -0.1) is 0 Å². The molecular formula is C14H29N. The van der Waals surface area contributed by atoms with Crippen molar-refractivity contribution >= 4 is 0 Å². The Kier molecular flexibility index (Phi) is 5.11. The summed E-state index contributed by atoms with van der Waals surface area (Å²) in [5.41, 5.74) is 0. The molecular weight excluding hydrogens is 182 g/mol. The van der Waals surface area contributed by atoms with Crippen LogP contribution < -0.4 is 5.32 Å². The molecule has 1 fully saturated rings. The van der Waals surface area contributed by atoms with E-state index in [0.29, 0.717) is 6.04 Å². The van der Waals surface area contributed by atoms with Crippen LogP contribution in [0, 0.1) is 17.8 Å². The molecule has 0 aromatic rings. The summed E-state index contributed by atoms with van der Waals surface area (Å²) >= 11 is 0. The van der Waals surface area contributed by atoms with Gasteiger partial charge in [-0.05, 0) is 30.6 Å². The fraction of sp³-hybridized carbons (Fsp3) is 1.00. The molecule has 4 atom stereocenters. The SMILES string of the molecule is CCC(NC1CCCC(C)C1C)C(C)C. The zero-order chi connectivity index (χ0) is 11.4. The van der Waals surface area contributed by atoms with Gasteiger partial charge in [-0.25, -0.2) is 0 Å². The Morgan fingerprint density at radius 1 is 1.20 bits per heavy atom. The average molecular weight is 211 g/mol. The van der Waals surface area contributed by atoms with Crippen molar-refractivity contribution in [3.63, 3.8) is 0 Å². The Labute approximate surface area is 96.0 Å². The lowest BCUT2D eigenvalue weighted by Crippen LogP contribution is -2.47. The molecule has 0 amide bonds. The molecule has 90 valence electrons. The van der Waals surface area contributed by atoms with Gasteiger partial charge < -0.3 is 5.32 Å². The van der Waals surface area contributed by atoms with Crippen molar-refractivity contribution in [3.05, 3.63) is 0 Å². The van der Waals surface area contributed by atoms with Crippen molar-refractivity contribution < 1.29 is 0 Å². The molecule has 0 saturated heterocycles. The summed E-state index contributed by atoms with van der Waals surface area (Å²) in [5, 5.41) is 3.89. The van der Waals surface area contributed by atoms with Crippen LogP contribution in [0.4, 0.5) is 0 Å². The van der Waals surface area contributed by atoms with E-state index in [-0.39, 0.29) is 0 Å². The summed E-state index contributed by atoms with van der Waals surface area (Å²) in [5.74, 6) is 2.52. The minimum atomic E-state index is 0.711. The summed E-state index contributed by atoms with van der Waals surface area (Å²) in [6.07, 6.45) is 5.49. The average Bonchev–Trinajstić information content (AvgIpc) is 2.19. The van der Waals surface area contributed by atoms with Gasteiger partial charge in [-0.1, -0.05) is 47.5 Å². The van der Waals surface area contributed by atoms with E-state index in [0.717, 1.165) is 23.8 Å². The van der Waals surface area contributed by atoms with Crippen LogP contribution in [-0.2, 0) is 0 Å². The highest BCUT2D eigenvalue weighted by Gasteiger charge is 2.28. The zero-order valence-electron chi connectivity index (χ0n) is 11.2. The molecule has 1 aliphatic rings. The van der Waals surface area contributed by atoms with Gasteiger partial charge in [-0.2, -0.15) is 0 Å². The summed E-state index contributed by atoms with van der Waals surface area (Å²) in [7, 11) is 0. The molecule has 1 heteroatoms. The monoisotopic (exact) mass is 211 g/mol. The second kappa shape index (κ2) is 5.89. The first-order valence-corrected chi connectivity index (χ1v) is 6.82. The molecule has 0 aromatic heterocycles. The van der Waals surface area contributed by atoms with Crippen molar-refractivity contribution in [1.29, 1.82) is 0 Å².